The Morgan fingerprint density at radius 1 is 1.38 bits per heavy atom. The van der Waals surface area contributed by atoms with Gasteiger partial charge in [-0.15, -0.1) is 0 Å². The largest absolute Gasteiger partial charge is 0.481 e. The Labute approximate surface area is 123 Å². The molecule has 3 N–H and O–H groups in total. The van der Waals surface area contributed by atoms with Crippen LogP contribution < -0.4 is 5.73 Å². The number of benzene rings is 1. The Hall–Kier alpha value is -1.92. The number of ether oxygens (including phenoxy) is 1. The zero-order chi connectivity index (χ0) is 15.2. The first-order valence-corrected chi connectivity index (χ1v) is 6.98. The number of carboxylic acid groups (broad SMARTS) is 1. The van der Waals surface area contributed by atoms with Crippen LogP contribution in [0.5, 0.6) is 0 Å². The molecule has 1 heterocycles. The van der Waals surface area contributed by atoms with E-state index in [0.717, 1.165) is 5.56 Å². The van der Waals surface area contributed by atoms with Crippen LogP contribution in [0.1, 0.15) is 17.9 Å². The highest BCUT2D eigenvalue weighted by Gasteiger charge is 2.33. The molecule has 1 amide bonds. The SMILES string of the molecule is NCC(C(=O)N1CCOCC1CC(=O)O)c1ccccc1. The molecule has 0 spiro atoms. The van der Waals surface area contributed by atoms with Gasteiger partial charge in [0.15, 0.2) is 0 Å². The molecule has 1 saturated heterocycles. The first-order valence-electron chi connectivity index (χ1n) is 6.98. The molecule has 1 aliphatic heterocycles. The van der Waals surface area contributed by atoms with Gasteiger partial charge in [0.2, 0.25) is 5.91 Å². The summed E-state index contributed by atoms with van der Waals surface area (Å²) in [5.41, 5.74) is 6.62. The van der Waals surface area contributed by atoms with Crippen molar-refractivity contribution in [2.24, 2.45) is 5.73 Å². The van der Waals surface area contributed by atoms with E-state index in [1.54, 1.807) is 4.90 Å². The first kappa shape index (κ1) is 15.5. The fourth-order valence-electron chi connectivity index (χ4n) is 2.58. The number of hydrogen-bond donors (Lipinski definition) is 2. The van der Waals surface area contributed by atoms with Crippen molar-refractivity contribution in [3.8, 4) is 0 Å². The summed E-state index contributed by atoms with van der Waals surface area (Å²) in [5.74, 6) is -1.51. The van der Waals surface area contributed by atoms with Crippen LogP contribution in [0, 0.1) is 0 Å². The molecule has 1 aromatic carbocycles. The van der Waals surface area contributed by atoms with Crippen molar-refractivity contribution in [1.29, 1.82) is 0 Å². The van der Waals surface area contributed by atoms with Gasteiger partial charge in [0.25, 0.3) is 0 Å². The van der Waals surface area contributed by atoms with Crippen molar-refractivity contribution in [3.63, 3.8) is 0 Å². The second-order valence-corrected chi connectivity index (χ2v) is 5.06. The van der Waals surface area contributed by atoms with Crippen molar-refractivity contribution in [2.45, 2.75) is 18.4 Å². The second-order valence-electron chi connectivity index (χ2n) is 5.06. The van der Waals surface area contributed by atoms with E-state index < -0.39 is 17.9 Å². The summed E-state index contributed by atoms with van der Waals surface area (Å²) < 4.78 is 5.29. The van der Waals surface area contributed by atoms with Crippen LogP contribution in [0.15, 0.2) is 30.3 Å². The van der Waals surface area contributed by atoms with Gasteiger partial charge in [0, 0.05) is 13.1 Å². The van der Waals surface area contributed by atoms with Crippen LogP contribution in [-0.2, 0) is 14.3 Å². The molecule has 0 radical (unpaired) electrons. The smallest absolute Gasteiger partial charge is 0.305 e. The molecular weight excluding hydrogens is 272 g/mol. The third kappa shape index (κ3) is 3.80. The zero-order valence-corrected chi connectivity index (χ0v) is 11.8. The number of carbonyl (C=O) groups excluding carboxylic acids is 1. The van der Waals surface area contributed by atoms with Crippen molar-refractivity contribution in [1.82, 2.24) is 4.90 Å². The van der Waals surface area contributed by atoms with Gasteiger partial charge in [-0.1, -0.05) is 30.3 Å². The molecule has 0 aromatic heterocycles. The lowest BCUT2D eigenvalue weighted by molar-refractivity contribution is -0.147. The molecule has 1 fully saturated rings. The summed E-state index contributed by atoms with van der Waals surface area (Å²) in [5, 5.41) is 8.96. The highest BCUT2D eigenvalue weighted by Crippen LogP contribution is 2.21. The van der Waals surface area contributed by atoms with Crippen molar-refractivity contribution in [2.75, 3.05) is 26.3 Å². The number of aliphatic carboxylic acids is 1. The molecule has 6 nitrogen and oxygen atoms in total. The third-order valence-electron chi connectivity index (χ3n) is 3.66. The molecule has 2 atom stereocenters. The lowest BCUT2D eigenvalue weighted by Crippen LogP contribution is -2.51. The fraction of sp³-hybridized carbons (Fsp3) is 0.467. The minimum Gasteiger partial charge on any atom is -0.481 e. The van der Waals surface area contributed by atoms with Gasteiger partial charge in [0.1, 0.15) is 0 Å². The average molecular weight is 292 g/mol. The summed E-state index contributed by atoms with van der Waals surface area (Å²) in [6.45, 7) is 1.28. The molecule has 2 unspecified atom stereocenters. The predicted octanol–water partition coefficient (Wildman–Crippen LogP) is 0.431. The molecule has 21 heavy (non-hydrogen) atoms. The number of hydrogen-bond acceptors (Lipinski definition) is 4. The van der Waals surface area contributed by atoms with Crippen LogP contribution in [0.25, 0.3) is 0 Å². The Balaban J connectivity index is 2.16. The number of amides is 1. The van der Waals surface area contributed by atoms with E-state index in [4.69, 9.17) is 15.6 Å². The quantitative estimate of drug-likeness (QED) is 0.821. The van der Waals surface area contributed by atoms with Crippen LogP contribution >= 0.6 is 0 Å². The molecule has 6 heteroatoms. The van der Waals surface area contributed by atoms with E-state index in [-0.39, 0.29) is 25.5 Å². The first-order chi connectivity index (χ1) is 10.1. The van der Waals surface area contributed by atoms with E-state index in [0.29, 0.717) is 13.2 Å². The Morgan fingerprint density at radius 3 is 2.71 bits per heavy atom. The monoisotopic (exact) mass is 292 g/mol. The molecule has 2 rings (SSSR count). The van der Waals surface area contributed by atoms with E-state index in [1.165, 1.54) is 0 Å². The number of nitrogens with zero attached hydrogens (tertiary/aromatic N) is 1. The highest BCUT2D eigenvalue weighted by atomic mass is 16.5. The van der Waals surface area contributed by atoms with Gasteiger partial charge in [-0.05, 0) is 5.56 Å². The van der Waals surface area contributed by atoms with Gasteiger partial charge >= 0.3 is 5.97 Å². The number of carboxylic acids is 1. The number of morpholine rings is 1. The summed E-state index contributed by atoms with van der Waals surface area (Å²) in [7, 11) is 0. The van der Waals surface area contributed by atoms with Gasteiger partial charge < -0.3 is 20.5 Å². The minimum absolute atomic E-state index is 0.113. The number of carbonyl (C=O) groups is 2. The van der Waals surface area contributed by atoms with Crippen LogP contribution in [0.4, 0.5) is 0 Å². The molecule has 0 bridgehead atoms. The predicted molar refractivity (Wildman–Crippen MR) is 76.8 cm³/mol. The average Bonchev–Trinajstić information content (AvgIpc) is 2.49. The van der Waals surface area contributed by atoms with Gasteiger partial charge in [-0.2, -0.15) is 0 Å². The van der Waals surface area contributed by atoms with E-state index >= 15 is 0 Å². The molecule has 0 aliphatic carbocycles. The molecule has 114 valence electrons. The maximum Gasteiger partial charge on any atom is 0.305 e. The third-order valence-corrected chi connectivity index (χ3v) is 3.66. The Bertz CT molecular complexity index is 492. The molecule has 1 aliphatic rings. The maximum absolute atomic E-state index is 12.7. The zero-order valence-electron chi connectivity index (χ0n) is 11.8. The minimum atomic E-state index is -0.938. The molecule has 0 saturated carbocycles. The summed E-state index contributed by atoms with van der Waals surface area (Å²) in [4.78, 5) is 25.2. The second kappa shape index (κ2) is 7.19. The van der Waals surface area contributed by atoms with Crippen molar-refractivity contribution >= 4 is 11.9 Å². The standard InChI is InChI=1S/C15H20N2O4/c16-9-13(11-4-2-1-3-5-11)15(20)17-6-7-21-10-12(17)8-14(18)19/h1-5,12-13H,6-10,16H2,(H,18,19). The summed E-state index contributed by atoms with van der Waals surface area (Å²) in [6, 6.07) is 8.90. The molecular formula is C15H20N2O4. The van der Waals surface area contributed by atoms with Crippen LogP contribution in [0.3, 0.4) is 0 Å². The Morgan fingerprint density at radius 2 is 2.10 bits per heavy atom. The Kier molecular flexibility index (Phi) is 5.30. The van der Waals surface area contributed by atoms with Crippen LogP contribution in [0.2, 0.25) is 0 Å². The van der Waals surface area contributed by atoms with Gasteiger partial charge in [0.05, 0.1) is 31.6 Å². The number of rotatable bonds is 5. The summed E-state index contributed by atoms with van der Waals surface area (Å²) >= 11 is 0. The van der Waals surface area contributed by atoms with E-state index in [9.17, 15) is 9.59 Å². The van der Waals surface area contributed by atoms with E-state index in [1.807, 2.05) is 30.3 Å². The molecule has 1 aromatic rings. The van der Waals surface area contributed by atoms with E-state index in [2.05, 4.69) is 0 Å². The fourth-order valence-corrected chi connectivity index (χ4v) is 2.58. The lowest BCUT2D eigenvalue weighted by atomic mass is 9.96. The highest BCUT2D eigenvalue weighted by molar-refractivity contribution is 5.85. The summed E-state index contributed by atoms with van der Waals surface area (Å²) in [6.07, 6.45) is -0.113. The topological polar surface area (TPSA) is 92.9 Å². The normalized spacial score (nSPS) is 20.0. The van der Waals surface area contributed by atoms with Crippen LogP contribution in [-0.4, -0.2) is 54.2 Å². The lowest BCUT2D eigenvalue weighted by Gasteiger charge is -2.37. The van der Waals surface area contributed by atoms with Gasteiger partial charge in [-0.3, -0.25) is 9.59 Å². The van der Waals surface area contributed by atoms with Gasteiger partial charge in [-0.25, -0.2) is 0 Å². The maximum atomic E-state index is 12.7. The number of nitrogens with two attached hydrogens (primary N) is 1. The van der Waals surface area contributed by atoms with Crippen molar-refractivity contribution in [3.05, 3.63) is 35.9 Å². The van der Waals surface area contributed by atoms with Crippen molar-refractivity contribution < 1.29 is 19.4 Å².